The number of aromatic hydroxyl groups is 1. The van der Waals surface area contributed by atoms with E-state index in [4.69, 9.17) is 4.98 Å². The van der Waals surface area contributed by atoms with Gasteiger partial charge < -0.3 is 14.8 Å². The molecule has 4 rings (SSSR count). The number of phenols is 1. The number of rotatable bonds is 5. The largest absolute Gasteiger partial charge is 0.506 e. The van der Waals surface area contributed by atoms with Crippen molar-refractivity contribution < 1.29 is 10.2 Å². The second-order valence-corrected chi connectivity index (χ2v) is 6.90. The lowest BCUT2D eigenvalue weighted by Crippen LogP contribution is -2.17. The van der Waals surface area contributed by atoms with Gasteiger partial charge in [-0.25, -0.2) is 4.98 Å². The van der Waals surface area contributed by atoms with Crippen LogP contribution in [0.2, 0.25) is 0 Å². The van der Waals surface area contributed by atoms with Crippen molar-refractivity contribution in [2.75, 3.05) is 6.61 Å². The van der Waals surface area contributed by atoms with Crippen LogP contribution in [0.15, 0.2) is 66.0 Å². The average Bonchev–Trinajstić information content (AvgIpc) is 3.28. The van der Waals surface area contributed by atoms with Gasteiger partial charge in [0, 0.05) is 0 Å². The zero-order chi connectivity index (χ0) is 17.2. The summed E-state index contributed by atoms with van der Waals surface area (Å²) < 4.78 is 1.98. The third-order valence-corrected chi connectivity index (χ3v) is 5.19. The molecule has 126 valence electrons. The molecule has 0 aliphatic heterocycles. The SMILES string of the molecule is OC[C@H](Cc1ccccc1)n1c(-c2cccs2)nc2cccc(O)c21. The van der Waals surface area contributed by atoms with Crippen molar-refractivity contribution >= 4 is 22.4 Å². The van der Waals surface area contributed by atoms with E-state index in [2.05, 4.69) is 0 Å². The molecule has 0 saturated carbocycles. The van der Waals surface area contributed by atoms with Crippen molar-refractivity contribution in [1.82, 2.24) is 9.55 Å². The Morgan fingerprint density at radius 2 is 1.84 bits per heavy atom. The zero-order valence-corrected chi connectivity index (χ0v) is 14.4. The fourth-order valence-corrected chi connectivity index (χ4v) is 3.90. The number of aromatic nitrogens is 2. The highest BCUT2D eigenvalue weighted by Gasteiger charge is 2.22. The van der Waals surface area contributed by atoms with Crippen molar-refractivity contribution in [3.8, 4) is 16.5 Å². The molecular formula is C20H18N2O2S. The minimum atomic E-state index is -0.210. The Hall–Kier alpha value is -2.63. The smallest absolute Gasteiger partial charge is 0.151 e. The number of hydrogen-bond acceptors (Lipinski definition) is 4. The summed E-state index contributed by atoms with van der Waals surface area (Å²) in [7, 11) is 0. The highest BCUT2D eigenvalue weighted by molar-refractivity contribution is 7.13. The maximum absolute atomic E-state index is 10.4. The van der Waals surface area contributed by atoms with Gasteiger partial charge in [0.25, 0.3) is 0 Å². The quantitative estimate of drug-likeness (QED) is 0.566. The van der Waals surface area contributed by atoms with Crippen LogP contribution in [-0.4, -0.2) is 26.4 Å². The Labute approximate surface area is 149 Å². The molecule has 4 aromatic rings. The van der Waals surface area contributed by atoms with Crippen LogP contribution < -0.4 is 0 Å². The number of benzene rings is 2. The molecule has 0 aliphatic carbocycles. The predicted molar refractivity (Wildman–Crippen MR) is 101 cm³/mol. The second kappa shape index (κ2) is 6.70. The fraction of sp³-hybridized carbons (Fsp3) is 0.150. The van der Waals surface area contributed by atoms with Crippen molar-refractivity contribution in [3.63, 3.8) is 0 Å². The van der Waals surface area contributed by atoms with Crippen LogP contribution in [0.5, 0.6) is 5.75 Å². The molecular weight excluding hydrogens is 332 g/mol. The number of aliphatic hydroxyl groups excluding tert-OH is 1. The summed E-state index contributed by atoms with van der Waals surface area (Å²) in [5, 5.41) is 22.5. The maximum atomic E-state index is 10.4. The summed E-state index contributed by atoms with van der Waals surface area (Å²) in [4.78, 5) is 5.74. The summed E-state index contributed by atoms with van der Waals surface area (Å²) in [6.07, 6.45) is 0.662. The molecule has 0 saturated heterocycles. The van der Waals surface area contributed by atoms with Gasteiger partial charge in [0.1, 0.15) is 11.3 Å². The van der Waals surface area contributed by atoms with Gasteiger partial charge in [-0.3, -0.25) is 0 Å². The molecule has 0 bridgehead atoms. The minimum absolute atomic E-state index is 0.0347. The third kappa shape index (κ3) is 2.92. The van der Waals surface area contributed by atoms with Crippen LogP contribution in [0.25, 0.3) is 21.7 Å². The van der Waals surface area contributed by atoms with E-state index in [-0.39, 0.29) is 18.4 Å². The Balaban J connectivity index is 1.90. The number of aliphatic hydroxyl groups is 1. The molecule has 0 spiro atoms. The van der Waals surface area contributed by atoms with Gasteiger partial charge in [0.15, 0.2) is 5.82 Å². The lowest BCUT2D eigenvalue weighted by atomic mass is 10.1. The van der Waals surface area contributed by atoms with Crippen molar-refractivity contribution in [2.24, 2.45) is 0 Å². The van der Waals surface area contributed by atoms with Crippen molar-refractivity contribution in [1.29, 1.82) is 0 Å². The molecule has 0 radical (unpaired) electrons. The molecule has 0 aliphatic rings. The van der Waals surface area contributed by atoms with Gasteiger partial charge in [-0.05, 0) is 35.6 Å². The topological polar surface area (TPSA) is 58.3 Å². The molecule has 0 amide bonds. The first-order chi connectivity index (χ1) is 12.3. The van der Waals surface area contributed by atoms with E-state index >= 15 is 0 Å². The Morgan fingerprint density at radius 1 is 1.00 bits per heavy atom. The summed E-state index contributed by atoms with van der Waals surface area (Å²) in [6, 6.07) is 19.2. The Kier molecular flexibility index (Phi) is 4.26. The van der Waals surface area contributed by atoms with Crippen LogP contribution in [0.3, 0.4) is 0 Å². The van der Waals surface area contributed by atoms with E-state index in [1.807, 2.05) is 58.5 Å². The van der Waals surface area contributed by atoms with Crippen molar-refractivity contribution in [2.45, 2.75) is 12.5 Å². The van der Waals surface area contributed by atoms with Crippen LogP contribution in [0, 0.1) is 0 Å². The monoisotopic (exact) mass is 350 g/mol. The van der Waals surface area contributed by atoms with Gasteiger partial charge in [-0.2, -0.15) is 0 Å². The first-order valence-corrected chi connectivity index (χ1v) is 9.04. The van der Waals surface area contributed by atoms with Gasteiger partial charge in [-0.15, -0.1) is 11.3 Å². The number of para-hydroxylation sites is 1. The number of fused-ring (bicyclic) bond motifs is 1. The van der Waals surface area contributed by atoms with E-state index in [9.17, 15) is 10.2 Å². The molecule has 0 unspecified atom stereocenters. The Morgan fingerprint density at radius 3 is 2.56 bits per heavy atom. The molecule has 2 heterocycles. The number of nitrogens with zero attached hydrogens (tertiary/aromatic N) is 2. The van der Waals surface area contributed by atoms with Crippen LogP contribution >= 0.6 is 11.3 Å². The number of hydrogen-bond donors (Lipinski definition) is 2. The number of thiophene rings is 1. The summed E-state index contributed by atoms with van der Waals surface area (Å²) >= 11 is 1.60. The van der Waals surface area contributed by atoms with E-state index in [1.165, 1.54) is 0 Å². The van der Waals surface area contributed by atoms with Crippen LogP contribution in [0.4, 0.5) is 0 Å². The molecule has 0 fully saturated rings. The van der Waals surface area contributed by atoms with E-state index in [0.29, 0.717) is 11.9 Å². The van der Waals surface area contributed by atoms with Crippen molar-refractivity contribution in [3.05, 3.63) is 71.6 Å². The van der Waals surface area contributed by atoms with Crippen LogP contribution in [0.1, 0.15) is 11.6 Å². The average molecular weight is 350 g/mol. The lowest BCUT2D eigenvalue weighted by molar-refractivity contribution is 0.230. The van der Waals surface area contributed by atoms with Gasteiger partial charge in [0.05, 0.1) is 23.0 Å². The molecule has 1 atom stereocenters. The lowest BCUT2D eigenvalue weighted by Gasteiger charge is -2.20. The van der Waals surface area contributed by atoms with E-state index in [0.717, 1.165) is 21.8 Å². The van der Waals surface area contributed by atoms with Gasteiger partial charge >= 0.3 is 0 Å². The molecule has 2 aromatic heterocycles. The fourth-order valence-electron chi connectivity index (χ4n) is 3.19. The standard InChI is InChI=1S/C20H18N2O2S/c23-13-15(12-14-6-2-1-3-7-14)22-19-16(8-4-9-17(19)24)21-20(22)18-10-5-11-25-18/h1-11,15,23-24H,12-13H2/t15-/m0/s1. The van der Waals surface area contributed by atoms with E-state index in [1.54, 1.807) is 23.5 Å². The minimum Gasteiger partial charge on any atom is -0.506 e. The molecule has 5 heteroatoms. The summed E-state index contributed by atoms with van der Waals surface area (Å²) in [5.41, 5.74) is 2.53. The normalized spacial score (nSPS) is 12.5. The number of imidazole rings is 1. The zero-order valence-electron chi connectivity index (χ0n) is 13.5. The molecule has 4 nitrogen and oxygen atoms in total. The summed E-state index contributed by atoms with van der Waals surface area (Å²) in [6.45, 7) is -0.0347. The van der Waals surface area contributed by atoms with Gasteiger partial charge in [-0.1, -0.05) is 42.5 Å². The maximum Gasteiger partial charge on any atom is 0.151 e. The third-order valence-electron chi connectivity index (χ3n) is 4.32. The first kappa shape index (κ1) is 15.9. The molecule has 2 aromatic carbocycles. The van der Waals surface area contributed by atoms with Gasteiger partial charge in [0.2, 0.25) is 0 Å². The molecule has 2 N–H and O–H groups in total. The molecule has 25 heavy (non-hydrogen) atoms. The predicted octanol–water partition coefficient (Wildman–Crippen LogP) is 4.25. The van der Waals surface area contributed by atoms with E-state index < -0.39 is 0 Å². The Bertz CT molecular complexity index is 978. The number of phenolic OH excluding ortho intramolecular Hbond substituents is 1. The summed E-state index contributed by atoms with van der Waals surface area (Å²) in [5.74, 6) is 0.959. The first-order valence-electron chi connectivity index (χ1n) is 8.16. The highest BCUT2D eigenvalue weighted by atomic mass is 32.1. The van der Waals surface area contributed by atoms with Crippen LogP contribution in [-0.2, 0) is 6.42 Å². The second-order valence-electron chi connectivity index (χ2n) is 5.95. The highest BCUT2D eigenvalue weighted by Crippen LogP contribution is 2.35.